The summed E-state index contributed by atoms with van der Waals surface area (Å²) in [5.74, 6) is 0.0895. The van der Waals surface area contributed by atoms with Gasteiger partial charge in [0.15, 0.2) is 5.69 Å². The van der Waals surface area contributed by atoms with Crippen LogP contribution in [0.5, 0.6) is 0 Å². The van der Waals surface area contributed by atoms with Gasteiger partial charge >= 0.3 is 5.97 Å². The Bertz CT molecular complexity index is 624. The van der Waals surface area contributed by atoms with Gasteiger partial charge in [-0.3, -0.25) is 4.79 Å². The Hall–Kier alpha value is -1.85. The van der Waals surface area contributed by atoms with E-state index in [1.54, 1.807) is 0 Å². The number of hydrogen-bond acceptors (Lipinski definition) is 4. The molecule has 1 saturated carbocycles. The summed E-state index contributed by atoms with van der Waals surface area (Å²) in [6, 6.07) is -0.698. The van der Waals surface area contributed by atoms with Crippen molar-refractivity contribution in [2.24, 2.45) is 11.8 Å². The average molecular weight is 304 g/mol. The minimum Gasteiger partial charge on any atom is -0.480 e. The van der Waals surface area contributed by atoms with Crippen LogP contribution in [0.1, 0.15) is 53.9 Å². The predicted octanol–water partition coefficient (Wildman–Crippen LogP) is 1.88. The zero-order chi connectivity index (χ0) is 15.3. The summed E-state index contributed by atoms with van der Waals surface area (Å²) in [6.45, 7) is 0.544. The third kappa shape index (κ3) is 1.96. The highest BCUT2D eigenvalue weighted by Crippen LogP contribution is 2.43. The molecule has 2 fully saturated rings. The molecule has 1 aliphatic heterocycles. The molecule has 1 amide bonds. The Morgan fingerprint density at radius 1 is 1.18 bits per heavy atom. The van der Waals surface area contributed by atoms with Crippen LogP contribution in [0.3, 0.4) is 0 Å². The van der Waals surface area contributed by atoms with E-state index < -0.39 is 12.0 Å². The predicted molar refractivity (Wildman–Crippen MR) is 76.4 cm³/mol. The molecule has 3 aliphatic rings. The van der Waals surface area contributed by atoms with E-state index in [1.807, 2.05) is 0 Å². The van der Waals surface area contributed by atoms with Crippen molar-refractivity contribution < 1.29 is 19.2 Å². The second-order valence-electron chi connectivity index (χ2n) is 6.74. The number of aromatic nitrogens is 1. The van der Waals surface area contributed by atoms with Gasteiger partial charge in [-0.2, -0.15) is 0 Å². The van der Waals surface area contributed by atoms with Crippen molar-refractivity contribution in [3.63, 3.8) is 0 Å². The van der Waals surface area contributed by atoms with Crippen molar-refractivity contribution in [2.45, 2.75) is 51.0 Å². The maximum absolute atomic E-state index is 12.9. The standard InChI is InChI=1S/C16H20N2O4/c19-15(13-11-5-1-2-7-12(11)22-17-13)18-8-9-4-3-6-10(9)14(18)16(20)21/h9-10,14H,1-8H2,(H,20,21). The number of carboxylic acids is 1. The normalized spacial score (nSPS) is 30.2. The fourth-order valence-corrected chi connectivity index (χ4v) is 4.52. The highest BCUT2D eigenvalue weighted by molar-refractivity contribution is 5.96. The molecule has 3 atom stereocenters. The largest absolute Gasteiger partial charge is 0.480 e. The van der Waals surface area contributed by atoms with Gasteiger partial charge in [-0.1, -0.05) is 11.6 Å². The molecule has 0 aromatic carbocycles. The SMILES string of the molecule is O=C(O)C1C2CCCC2CN1C(=O)c1noc2c1CCCC2. The number of carbonyl (C=O) groups excluding carboxylic acids is 1. The molecule has 6 heteroatoms. The van der Waals surface area contributed by atoms with Gasteiger partial charge in [-0.25, -0.2) is 4.79 Å². The number of hydrogen-bond donors (Lipinski definition) is 1. The molecular formula is C16H20N2O4. The topological polar surface area (TPSA) is 83.6 Å². The molecular weight excluding hydrogens is 284 g/mol. The summed E-state index contributed by atoms with van der Waals surface area (Å²) in [7, 11) is 0. The number of fused-ring (bicyclic) bond motifs is 2. The average Bonchev–Trinajstić information content (AvgIpc) is 3.19. The van der Waals surface area contributed by atoms with Crippen LogP contribution in [-0.4, -0.2) is 39.6 Å². The fraction of sp³-hybridized carbons (Fsp3) is 0.688. The summed E-state index contributed by atoms with van der Waals surface area (Å²) < 4.78 is 5.31. The van der Waals surface area contributed by atoms with E-state index in [0.717, 1.165) is 56.3 Å². The molecule has 1 saturated heterocycles. The molecule has 1 N–H and O–H groups in total. The summed E-state index contributed by atoms with van der Waals surface area (Å²) in [5.41, 5.74) is 1.25. The molecule has 118 valence electrons. The number of rotatable bonds is 2. The van der Waals surface area contributed by atoms with Crippen molar-refractivity contribution >= 4 is 11.9 Å². The molecule has 4 rings (SSSR count). The highest BCUT2D eigenvalue weighted by Gasteiger charge is 2.50. The van der Waals surface area contributed by atoms with Crippen molar-refractivity contribution in [3.8, 4) is 0 Å². The zero-order valence-electron chi connectivity index (χ0n) is 12.5. The first-order valence-corrected chi connectivity index (χ1v) is 8.18. The number of carbonyl (C=O) groups is 2. The zero-order valence-corrected chi connectivity index (χ0v) is 12.5. The van der Waals surface area contributed by atoms with E-state index in [0.29, 0.717) is 18.2 Å². The van der Waals surface area contributed by atoms with E-state index in [2.05, 4.69) is 5.16 Å². The van der Waals surface area contributed by atoms with E-state index >= 15 is 0 Å². The van der Waals surface area contributed by atoms with Crippen LogP contribution < -0.4 is 0 Å². The Labute approximate surface area is 128 Å². The number of aryl methyl sites for hydroxylation is 1. The van der Waals surface area contributed by atoms with Gasteiger partial charge in [0.1, 0.15) is 11.8 Å². The van der Waals surface area contributed by atoms with Gasteiger partial charge in [0.05, 0.1) is 0 Å². The van der Waals surface area contributed by atoms with E-state index in [4.69, 9.17) is 4.52 Å². The first kappa shape index (κ1) is 13.8. The first-order chi connectivity index (χ1) is 10.7. The van der Waals surface area contributed by atoms with Crippen LogP contribution in [0.2, 0.25) is 0 Å². The first-order valence-electron chi connectivity index (χ1n) is 8.18. The molecule has 1 aromatic heterocycles. The van der Waals surface area contributed by atoms with Crippen LogP contribution >= 0.6 is 0 Å². The quantitative estimate of drug-likeness (QED) is 0.902. The number of amides is 1. The van der Waals surface area contributed by atoms with Crippen LogP contribution in [0.25, 0.3) is 0 Å². The number of aliphatic carboxylic acids is 1. The molecule has 6 nitrogen and oxygen atoms in total. The lowest BCUT2D eigenvalue weighted by Gasteiger charge is -2.24. The van der Waals surface area contributed by atoms with Crippen LogP contribution in [0, 0.1) is 11.8 Å². The van der Waals surface area contributed by atoms with Gasteiger partial charge in [0, 0.05) is 18.5 Å². The number of carboxylic acid groups (broad SMARTS) is 1. The van der Waals surface area contributed by atoms with Crippen LogP contribution in [0.15, 0.2) is 4.52 Å². The molecule has 1 aromatic rings. The third-order valence-electron chi connectivity index (χ3n) is 5.56. The second kappa shape index (κ2) is 5.11. The van der Waals surface area contributed by atoms with Gasteiger partial charge in [-0.15, -0.1) is 0 Å². The maximum Gasteiger partial charge on any atom is 0.326 e. The van der Waals surface area contributed by atoms with E-state index in [-0.39, 0.29) is 11.8 Å². The molecule has 3 unspecified atom stereocenters. The molecule has 22 heavy (non-hydrogen) atoms. The third-order valence-corrected chi connectivity index (χ3v) is 5.56. The highest BCUT2D eigenvalue weighted by atomic mass is 16.5. The Kier molecular flexibility index (Phi) is 3.20. The minimum atomic E-state index is -0.889. The summed E-state index contributed by atoms with van der Waals surface area (Å²) in [6.07, 6.45) is 6.71. The number of nitrogens with zero attached hydrogens (tertiary/aromatic N) is 2. The van der Waals surface area contributed by atoms with E-state index in [9.17, 15) is 14.7 Å². The van der Waals surface area contributed by atoms with Gasteiger partial charge in [-0.05, 0) is 43.9 Å². The van der Waals surface area contributed by atoms with E-state index in [1.165, 1.54) is 4.90 Å². The summed E-state index contributed by atoms with van der Waals surface area (Å²) in [5, 5.41) is 13.5. The smallest absolute Gasteiger partial charge is 0.326 e. The van der Waals surface area contributed by atoms with Crippen molar-refractivity contribution in [2.75, 3.05) is 6.54 Å². The van der Waals surface area contributed by atoms with Crippen LogP contribution in [-0.2, 0) is 17.6 Å². The second-order valence-corrected chi connectivity index (χ2v) is 6.74. The van der Waals surface area contributed by atoms with Crippen molar-refractivity contribution in [1.82, 2.24) is 10.1 Å². The minimum absolute atomic E-state index is 0.101. The van der Waals surface area contributed by atoms with Gasteiger partial charge < -0.3 is 14.5 Å². The lowest BCUT2D eigenvalue weighted by Crippen LogP contribution is -2.43. The molecule has 0 spiro atoms. The monoisotopic (exact) mass is 304 g/mol. The molecule has 0 radical (unpaired) electrons. The van der Waals surface area contributed by atoms with Crippen LogP contribution in [0.4, 0.5) is 0 Å². The fourth-order valence-electron chi connectivity index (χ4n) is 4.52. The Morgan fingerprint density at radius 3 is 2.82 bits per heavy atom. The van der Waals surface area contributed by atoms with Gasteiger partial charge in [0.25, 0.3) is 5.91 Å². The number of likely N-dealkylation sites (tertiary alicyclic amines) is 1. The lowest BCUT2D eigenvalue weighted by molar-refractivity contribution is -0.142. The molecule has 2 heterocycles. The van der Waals surface area contributed by atoms with Crippen molar-refractivity contribution in [3.05, 3.63) is 17.0 Å². The summed E-state index contributed by atoms with van der Waals surface area (Å²) >= 11 is 0. The Balaban J connectivity index is 1.65. The lowest BCUT2D eigenvalue weighted by atomic mass is 9.94. The van der Waals surface area contributed by atoms with Crippen molar-refractivity contribution in [1.29, 1.82) is 0 Å². The molecule has 0 bridgehead atoms. The summed E-state index contributed by atoms with van der Waals surface area (Å²) in [4.78, 5) is 26.1. The molecule has 2 aliphatic carbocycles. The van der Waals surface area contributed by atoms with Gasteiger partial charge in [0.2, 0.25) is 0 Å². The Morgan fingerprint density at radius 2 is 2.00 bits per heavy atom. The maximum atomic E-state index is 12.9.